The number of nitrogens with one attached hydrogen (secondary N) is 1. The van der Waals surface area contributed by atoms with Gasteiger partial charge in [-0.25, -0.2) is 0 Å². The van der Waals surface area contributed by atoms with Crippen LogP contribution in [0.3, 0.4) is 0 Å². The number of hydrogen-bond donors (Lipinski definition) is 2. The van der Waals surface area contributed by atoms with E-state index in [9.17, 15) is 4.79 Å². The van der Waals surface area contributed by atoms with Crippen LogP contribution in [0.2, 0.25) is 0 Å². The Bertz CT molecular complexity index is 545. The molecule has 5 heteroatoms. The molecule has 19 heavy (non-hydrogen) atoms. The molecule has 1 amide bonds. The van der Waals surface area contributed by atoms with Gasteiger partial charge < -0.3 is 11.1 Å². The molecule has 3 N–H and O–H groups in total. The molecule has 0 aliphatic carbocycles. The average molecular weight is 258 g/mol. The summed E-state index contributed by atoms with van der Waals surface area (Å²) in [7, 11) is 0. The first kappa shape index (κ1) is 13.3. The number of carbonyl (C=O) groups is 1. The first-order chi connectivity index (χ1) is 9.17. The van der Waals surface area contributed by atoms with Gasteiger partial charge >= 0.3 is 0 Å². The second-order valence-electron chi connectivity index (χ2n) is 4.42. The van der Waals surface area contributed by atoms with E-state index < -0.39 is 0 Å². The van der Waals surface area contributed by atoms with Crippen LogP contribution in [0.1, 0.15) is 17.7 Å². The Morgan fingerprint density at radius 2 is 2.05 bits per heavy atom. The fourth-order valence-corrected chi connectivity index (χ4v) is 1.75. The summed E-state index contributed by atoms with van der Waals surface area (Å²) in [6.45, 7) is 3.02. The lowest BCUT2D eigenvalue weighted by Crippen LogP contribution is -2.14. The van der Waals surface area contributed by atoms with Gasteiger partial charge in [0.15, 0.2) is 0 Å². The minimum absolute atomic E-state index is 0.0198. The van der Waals surface area contributed by atoms with E-state index in [4.69, 9.17) is 5.73 Å². The predicted octanol–water partition coefficient (Wildman–Crippen LogP) is 1.68. The molecule has 100 valence electrons. The van der Waals surface area contributed by atoms with Gasteiger partial charge in [-0.1, -0.05) is 12.1 Å². The number of nitrogens with two attached hydrogens (primary N) is 1. The van der Waals surface area contributed by atoms with Gasteiger partial charge in [0.2, 0.25) is 5.91 Å². The SMILES string of the molecule is Cc1ccn(CCC(=O)Nc2ccc(CN)cc2)n1. The topological polar surface area (TPSA) is 72.9 Å². The zero-order valence-corrected chi connectivity index (χ0v) is 11.0. The Balaban J connectivity index is 1.83. The third-order valence-electron chi connectivity index (χ3n) is 2.82. The molecule has 0 spiro atoms. The maximum Gasteiger partial charge on any atom is 0.226 e. The van der Waals surface area contributed by atoms with Gasteiger partial charge in [-0.15, -0.1) is 0 Å². The number of rotatable bonds is 5. The minimum atomic E-state index is -0.0198. The van der Waals surface area contributed by atoms with Gasteiger partial charge in [-0.2, -0.15) is 5.10 Å². The van der Waals surface area contributed by atoms with Crippen molar-refractivity contribution < 1.29 is 4.79 Å². The minimum Gasteiger partial charge on any atom is -0.326 e. The van der Waals surface area contributed by atoms with Crippen LogP contribution in [-0.2, 0) is 17.9 Å². The van der Waals surface area contributed by atoms with Crippen molar-refractivity contribution in [1.82, 2.24) is 9.78 Å². The molecule has 0 saturated carbocycles. The van der Waals surface area contributed by atoms with Crippen molar-refractivity contribution in [3.05, 3.63) is 47.8 Å². The van der Waals surface area contributed by atoms with Crippen molar-refractivity contribution in [3.8, 4) is 0 Å². The van der Waals surface area contributed by atoms with Crippen LogP contribution in [0.4, 0.5) is 5.69 Å². The van der Waals surface area contributed by atoms with Crippen molar-refractivity contribution in [2.45, 2.75) is 26.4 Å². The maximum absolute atomic E-state index is 11.8. The van der Waals surface area contributed by atoms with Crippen LogP contribution in [-0.4, -0.2) is 15.7 Å². The fourth-order valence-electron chi connectivity index (χ4n) is 1.75. The normalized spacial score (nSPS) is 10.4. The van der Waals surface area contributed by atoms with Gasteiger partial charge in [-0.05, 0) is 30.7 Å². The standard InChI is InChI=1S/C14H18N4O/c1-11-6-8-18(17-11)9-7-14(19)16-13-4-2-12(10-15)3-5-13/h2-6,8H,7,9-10,15H2,1H3,(H,16,19). The van der Waals surface area contributed by atoms with Crippen molar-refractivity contribution in [1.29, 1.82) is 0 Å². The van der Waals surface area contributed by atoms with E-state index in [1.54, 1.807) is 4.68 Å². The Morgan fingerprint density at radius 3 is 2.63 bits per heavy atom. The number of nitrogens with zero attached hydrogens (tertiary/aromatic N) is 2. The van der Waals surface area contributed by atoms with E-state index in [1.807, 2.05) is 43.5 Å². The molecular weight excluding hydrogens is 240 g/mol. The lowest BCUT2D eigenvalue weighted by molar-refractivity contribution is -0.116. The third-order valence-corrected chi connectivity index (χ3v) is 2.82. The highest BCUT2D eigenvalue weighted by atomic mass is 16.1. The summed E-state index contributed by atoms with van der Waals surface area (Å²) in [5.74, 6) is -0.0198. The van der Waals surface area contributed by atoms with Crippen LogP contribution in [0.25, 0.3) is 0 Å². The summed E-state index contributed by atoms with van der Waals surface area (Å²) in [6, 6.07) is 9.46. The van der Waals surface area contributed by atoms with E-state index in [1.165, 1.54) is 0 Å². The van der Waals surface area contributed by atoms with E-state index in [0.717, 1.165) is 16.9 Å². The number of anilines is 1. The summed E-state index contributed by atoms with van der Waals surface area (Å²) >= 11 is 0. The molecule has 1 aromatic heterocycles. The number of hydrogen-bond acceptors (Lipinski definition) is 3. The number of carbonyl (C=O) groups excluding carboxylic acids is 1. The number of aromatic nitrogens is 2. The summed E-state index contributed by atoms with van der Waals surface area (Å²) < 4.78 is 1.77. The molecule has 0 unspecified atom stereocenters. The first-order valence-corrected chi connectivity index (χ1v) is 6.26. The molecular formula is C14H18N4O. The Morgan fingerprint density at radius 1 is 1.32 bits per heavy atom. The molecule has 2 aromatic rings. The lowest BCUT2D eigenvalue weighted by Gasteiger charge is -2.06. The van der Waals surface area contributed by atoms with E-state index in [-0.39, 0.29) is 5.91 Å². The van der Waals surface area contributed by atoms with Crippen LogP contribution in [0.5, 0.6) is 0 Å². The monoisotopic (exact) mass is 258 g/mol. The maximum atomic E-state index is 11.8. The summed E-state index contributed by atoms with van der Waals surface area (Å²) in [5, 5.41) is 7.08. The van der Waals surface area contributed by atoms with E-state index in [0.29, 0.717) is 19.5 Å². The molecule has 0 radical (unpaired) electrons. The number of aryl methyl sites for hydroxylation is 2. The zero-order valence-electron chi connectivity index (χ0n) is 11.0. The van der Waals surface area contributed by atoms with Crippen LogP contribution >= 0.6 is 0 Å². The predicted molar refractivity (Wildman–Crippen MR) is 74.5 cm³/mol. The molecule has 0 bridgehead atoms. The molecule has 0 aliphatic rings. The Labute approximate surface area is 112 Å². The van der Waals surface area contributed by atoms with Gasteiger partial charge in [-0.3, -0.25) is 9.48 Å². The first-order valence-electron chi connectivity index (χ1n) is 6.26. The van der Waals surface area contributed by atoms with Gasteiger partial charge in [0.05, 0.1) is 5.69 Å². The van der Waals surface area contributed by atoms with E-state index in [2.05, 4.69) is 10.4 Å². The molecule has 0 atom stereocenters. The zero-order chi connectivity index (χ0) is 13.7. The van der Waals surface area contributed by atoms with Crippen molar-refractivity contribution >= 4 is 11.6 Å². The van der Waals surface area contributed by atoms with Crippen LogP contribution in [0, 0.1) is 6.92 Å². The summed E-state index contributed by atoms with van der Waals surface area (Å²) in [4.78, 5) is 11.8. The Kier molecular flexibility index (Phi) is 4.30. The highest BCUT2D eigenvalue weighted by molar-refractivity contribution is 5.90. The fraction of sp³-hybridized carbons (Fsp3) is 0.286. The lowest BCUT2D eigenvalue weighted by atomic mass is 10.2. The summed E-state index contributed by atoms with van der Waals surface area (Å²) in [5.41, 5.74) is 8.31. The Hall–Kier alpha value is -2.14. The smallest absolute Gasteiger partial charge is 0.226 e. The molecule has 0 saturated heterocycles. The second-order valence-corrected chi connectivity index (χ2v) is 4.42. The molecule has 1 aromatic carbocycles. The molecule has 1 heterocycles. The molecule has 5 nitrogen and oxygen atoms in total. The van der Waals surface area contributed by atoms with Crippen LogP contribution in [0.15, 0.2) is 36.5 Å². The molecule has 0 fully saturated rings. The average Bonchev–Trinajstić information content (AvgIpc) is 2.83. The van der Waals surface area contributed by atoms with Crippen LogP contribution < -0.4 is 11.1 Å². The summed E-state index contributed by atoms with van der Waals surface area (Å²) in [6.07, 6.45) is 2.28. The van der Waals surface area contributed by atoms with Gasteiger partial charge in [0.1, 0.15) is 0 Å². The third kappa shape index (κ3) is 3.93. The number of benzene rings is 1. The van der Waals surface area contributed by atoms with Crippen molar-refractivity contribution in [2.24, 2.45) is 5.73 Å². The molecule has 0 aliphatic heterocycles. The quantitative estimate of drug-likeness (QED) is 0.857. The van der Waals surface area contributed by atoms with Crippen molar-refractivity contribution in [3.63, 3.8) is 0 Å². The van der Waals surface area contributed by atoms with Gasteiger partial charge in [0, 0.05) is 31.4 Å². The van der Waals surface area contributed by atoms with E-state index >= 15 is 0 Å². The van der Waals surface area contributed by atoms with Crippen molar-refractivity contribution in [2.75, 3.05) is 5.32 Å². The highest BCUT2D eigenvalue weighted by Gasteiger charge is 2.03. The largest absolute Gasteiger partial charge is 0.326 e. The highest BCUT2D eigenvalue weighted by Crippen LogP contribution is 2.09. The number of amides is 1. The second kappa shape index (κ2) is 6.15. The van der Waals surface area contributed by atoms with Gasteiger partial charge in [0.25, 0.3) is 0 Å². The molecule has 2 rings (SSSR count).